The van der Waals surface area contributed by atoms with Gasteiger partial charge in [-0.2, -0.15) is 0 Å². The van der Waals surface area contributed by atoms with Crippen molar-refractivity contribution in [2.75, 3.05) is 6.61 Å². The van der Waals surface area contributed by atoms with E-state index < -0.39 is 43.1 Å². The molecule has 34 heavy (non-hydrogen) atoms. The van der Waals surface area contributed by atoms with Crippen molar-refractivity contribution in [1.82, 2.24) is 4.57 Å². The molecule has 1 saturated heterocycles. The van der Waals surface area contributed by atoms with E-state index in [9.17, 15) is 25.2 Å². The Kier molecular flexibility index (Phi) is 7.35. The molecule has 5 N–H and O–H groups in total. The van der Waals surface area contributed by atoms with Crippen molar-refractivity contribution in [2.24, 2.45) is 0 Å². The summed E-state index contributed by atoms with van der Waals surface area (Å²) in [5.74, 6) is -0.790. The minimum Gasteiger partial charge on any atom is -0.481 e. The Labute approximate surface area is 197 Å². The molecule has 5 atom stereocenters. The first-order valence-electron chi connectivity index (χ1n) is 11.5. The monoisotopic (exact) mass is 469 g/mol. The maximum Gasteiger partial charge on any atom is 0.303 e. The summed E-state index contributed by atoms with van der Waals surface area (Å²) in [5, 5.41) is 50.4. The van der Waals surface area contributed by atoms with Crippen LogP contribution in [0.3, 0.4) is 0 Å². The maximum atomic E-state index is 10.7. The highest BCUT2D eigenvalue weighted by Gasteiger charge is 2.44. The number of aliphatic hydroxyl groups excluding tert-OH is 4. The first-order chi connectivity index (χ1) is 16.3. The van der Waals surface area contributed by atoms with Crippen molar-refractivity contribution < 1.29 is 35.1 Å². The molecule has 0 radical (unpaired) electrons. The molecule has 4 rings (SSSR count). The topological polar surface area (TPSA) is 132 Å². The third kappa shape index (κ3) is 4.87. The van der Waals surface area contributed by atoms with Gasteiger partial charge in [0.05, 0.1) is 12.1 Å². The molecular formula is C26H31NO7. The van der Waals surface area contributed by atoms with Gasteiger partial charge in [0.25, 0.3) is 0 Å². The van der Waals surface area contributed by atoms with Crippen LogP contribution < -0.4 is 0 Å². The average Bonchev–Trinajstić information content (AvgIpc) is 3.18. The van der Waals surface area contributed by atoms with Crippen LogP contribution in [0.25, 0.3) is 10.9 Å². The highest BCUT2D eigenvalue weighted by atomic mass is 16.5. The van der Waals surface area contributed by atoms with Gasteiger partial charge in [-0.3, -0.25) is 4.79 Å². The van der Waals surface area contributed by atoms with Gasteiger partial charge in [0.1, 0.15) is 30.5 Å². The molecule has 8 heteroatoms. The van der Waals surface area contributed by atoms with E-state index in [1.807, 2.05) is 55.6 Å². The second-order valence-corrected chi connectivity index (χ2v) is 9.00. The summed E-state index contributed by atoms with van der Waals surface area (Å²) in [4.78, 5) is 10.7. The molecule has 0 spiro atoms. The Morgan fingerprint density at radius 3 is 2.38 bits per heavy atom. The van der Waals surface area contributed by atoms with Crippen LogP contribution in [-0.2, 0) is 22.5 Å². The SMILES string of the molecule is Cc1cccc2c([C@@H]3O[C@H](CO)[C@@H](O)[C@H](O)[C@H]3O)cn(Cc3ccc(CCCC(=O)O)cc3)c12. The Hall–Kier alpha value is -2.75. The van der Waals surface area contributed by atoms with Crippen LogP contribution in [0.15, 0.2) is 48.7 Å². The summed E-state index contributed by atoms with van der Waals surface area (Å²) in [7, 11) is 0. The van der Waals surface area contributed by atoms with Gasteiger partial charge in [-0.15, -0.1) is 0 Å². The summed E-state index contributed by atoms with van der Waals surface area (Å²) in [6.45, 7) is 2.09. The van der Waals surface area contributed by atoms with E-state index in [0.29, 0.717) is 24.9 Å². The zero-order chi connectivity index (χ0) is 24.4. The van der Waals surface area contributed by atoms with Crippen LogP contribution in [0.5, 0.6) is 0 Å². The molecule has 0 saturated carbocycles. The van der Waals surface area contributed by atoms with Crippen molar-refractivity contribution in [2.45, 2.75) is 63.3 Å². The minimum absolute atomic E-state index is 0.150. The highest BCUT2D eigenvalue weighted by Crippen LogP contribution is 2.38. The number of carboxylic acid groups (broad SMARTS) is 1. The molecule has 0 amide bonds. The second kappa shape index (κ2) is 10.2. The van der Waals surface area contributed by atoms with E-state index in [1.165, 1.54) is 0 Å². The molecule has 1 aliphatic heterocycles. The lowest BCUT2D eigenvalue weighted by molar-refractivity contribution is -0.231. The number of fused-ring (bicyclic) bond motifs is 1. The zero-order valence-electron chi connectivity index (χ0n) is 19.0. The number of rotatable bonds is 8. The highest BCUT2D eigenvalue weighted by molar-refractivity contribution is 5.87. The average molecular weight is 470 g/mol. The van der Waals surface area contributed by atoms with Gasteiger partial charge in [0.15, 0.2) is 0 Å². The van der Waals surface area contributed by atoms with Gasteiger partial charge in [0.2, 0.25) is 0 Å². The number of aliphatic hydroxyl groups is 4. The van der Waals surface area contributed by atoms with Gasteiger partial charge in [0, 0.05) is 30.1 Å². The van der Waals surface area contributed by atoms with Gasteiger partial charge in [-0.05, 0) is 36.5 Å². The lowest BCUT2D eigenvalue weighted by atomic mass is 9.91. The largest absolute Gasteiger partial charge is 0.481 e. The summed E-state index contributed by atoms with van der Waals surface area (Å²) in [6.07, 6.45) is -2.71. The summed E-state index contributed by atoms with van der Waals surface area (Å²) in [5.41, 5.74) is 4.84. The number of carbonyl (C=O) groups is 1. The van der Waals surface area contributed by atoms with Gasteiger partial charge in [-0.25, -0.2) is 0 Å². The number of aryl methyl sites for hydroxylation is 2. The number of benzene rings is 2. The molecular weight excluding hydrogens is 438 g/mol. The maximum absolute atomic E-state index is 10.7. The molecule has 0 bridgehead atoms. The first kappa shape index (κ1) is 24.4. The van der Waals surface area contributed by atoms with Crippen LogP contribution in [-0.4, -0.2) is 67.1 Å². The number of para-hydroxylation sites is 1. The van der Waals surface area contributed by atoms with Gasteiger partial charge >= 0.3 is 5.97 Å². The number of aromatic nitrogens is 1. The fraction of sp³-hybridized carbons (Fsp3) is 0.423. The van der Waals surface area contributed by atoms with Crippen LogP contribution >= 0.6 is 0 Å². The molecule has 8 nitrogen and oxygen atoms in total. The van der Waals surface area contributed by atoms with E-state index in [2.05, 4.69) is 4.57 Å². The number of carboxylic acids is 1. The molecule has 2 aromatic carbocycles. The first-order valence-corrected chi connectivity index (χ1v) is 11.5. The fourth-order valence-electron chi connectivity index (χ4n) is 4.74. The quantitative estimate of drug-likeness (QED) is 0.340. The van der Waals surface area contributed by atoms with Crippen molar-refractivity contribution in [3.05, 3.63) is 70.9 Å². The Balaban J connectivity index is 1.63. The third-order valence-corrected chi connectivity index (χ3v) is 6.56. The smallest absolute Gasteiger partial charge is 0.303 e. The van der Waals surface area contributed by atoms with Crippen molar-refractivity contribution in [3.63, 3.8) is 0 Å². The molecule has 0 aliphatic carbocycles. The number of nitrogens with zero attached hydrogens (tertiary/aromatic N) is 1. The fourth-order valence-corrected chi connectivity index (χ4v) is 4.74. The summed E-state index contributed by atoms with van der Waals surface area (Å²) < 4.78 is 7.90. The van der Waals surface area contributed by atoms with E-state index in [-0.39, 0.29) is 6.42 Å². The molecule has 2 heterocycles. The minimum atomic E-state index is -1.44. The number of ether oxygens (including phenoxy) is 1. The van der Waals surface area contributed by atoms with E-state index in [0.717, 1.165) is 27.6 Å². The van der Waals surface area contributed by atoms with Crippen LogP contribution in [0.1, 0.15) is 41.2 Å². The zero-order valence-corrected chi connectivity index (χ0v) is 19.0. The van der Waals surface area contributed by atoms with Crippen molar-refractivity contribution in [3.8, 4) is 0 Å². The van der Waals surface area contributed by atoms with Gasteiger partial charge in [-0.1, -0.05) is 42.5 Å². The lowest BCUT2D eigenvalue weighted by Crippen LogP contribution is -2.55. The molecule has 1 fully saturated rings. The lowest BCUT2D eigenvalue weighted by Gasteiger charge is -2.40. The molecule has 1 aromatic heterocycles. The van der Waals surface area contributed by atoms with Crippen LogP contribution in [0.4, 0.5) is 0 Å². The van der Waals surface area contributed by atoms with Crippen LogP contribution in [0, 0.1) is 6.92 Å². The predicted molar refractivity (Wildman–Crippen MR) is 126 cm³/mol. The van der Waals surface area contributed by atoms with Crippen LogP contribution in [0.2, 0.25) is 0 Å². The summed E-state index contributed by atoms with van der Waals surface area (Å²) >= 11 is 0. The molecule has 1 aliphatic rings. The summed E-state index contributed by atoms with van der Waals surface area (Å²) in [6, 6.07) is 13.9. The molecule has 0 unspecified atom stereocenters. The van der Waals surface area contributed by atoms with E-state index in [4.69, 9.17) is 9.84 Å². The molecule has 3 aromatic rings. The van der Waals surface area contributed by atoms with E-state index >= 15 is 0 Å². The Morgan fingerprint density at radius 2 is 1.71 bits per heavy atom. The van der Waals surface area contributed by atoms with Crippen molar-refractivity contribution in [1.29, 1.82) is 0 Å². The Bertz CT molecular complexity index is 1140. The molecule has 182 valence electrons. The normalized spacial score (nSPS) is 25.0. The van der Waals surface area contributed by atoms with Crippen molar-refractivity contribution >= 4 is 16.9 Å². The third-order valence-electron chi connectivity index (χ3n) is 6.56. The van der Waals surface area contributed by atoms with Gasteiger partial charge < -0.3 is 34.8 Å². The second-order valence-electron chi connectivity index (χ2n) is 9.00. The number of hydrogen-bond donors (Lipinski definition) is 5. The predicted octanol–water partition coefficient (Wildman–Crippen LogP) is 1.92. The standard InChI is InChI=1S/C26H31NO7/c1-15-4-2-6-18-19(26-25(33)24(32)23(31)20(14-28)34-26)13-27(22(15)18)12-17-10-8-16(9-11-17)5-3-7-21(29)30/h2,4,6,8-11,13,20,23-26,28,31-33H,3,5,7,12,14H2,1H3,(H,29,30)/t20-,23-,24+,25-,26+/m1/s1. The Morgan fingerprint density at radius 1 is 1.00 bits per heavy atom. The number of aliphatic carboxylic acids is 1. The number of hydrogen-bond acceptors (Lipinski definition) is 6. The van der Waals surface area contributed by atoms with E-state index in [1.54, 1.807) is 0 Å².